The smallest absolute Gasteiger partial charge is 0.255 e. The first-order valence-electron chi connectivity index (χ1n) is 8.24. The zero-order valence-electron chi connectivity index (χ0n) is 14.8. The van der Waals surface area contributed by atoms with Crippen molar-refractivity contribution >= 4 is 29.1 Å². The number of carbonyl (C=O) groups excluding carboxylic acids is 2. The van der Waals surface area contributed by atoms with Gasteiger partial charge in [-0.15, -0.1) is 0 Å². The number of likely N-dealkylation sites (N-methyl/N-ethyl adjacent to an activating group) is 1. The van der Waals surface area contributed by atoms with Gasteiger partial charge in [-0.05, 0) is 36.6 Å². The van der Waals surface area contributed by atoms with Gasteiger partial charge in [0.1, 0.15) is 0 Å². The summed E-state index contributed by atoms with van der Waals surface area (Å²) in [5, 5.41) is 6.49. The summed E-state index contributed by atoms with van der Waals surface area (Å²) in [6.07, 6.45) is 1.34. The second-order valence-electron chi connectivity index (χ2n) is 7.54. The van der Waals surface area contributed by atoms with E-state index < -0.39 is 0 Å². The van der Waals surface area contributed by atoms with Crippen molar-refractivity contribution in [2.24, 2.45) is 5.41 Å². The van der Waals surface area contributed by atoms with Gasteiger partial charge in [0.25, 0.3) is 5.91 Å². The van der Waals surface area contributed by atoms with Crippen molar-refractivity contribution in [2.75, 3.05) is 25.5 Å². The quantitative estimate of drug-likeness (QED) is 0.876. The lowest BCUT2D eigenvalue weighted by atomic mass is 9.92. The van der Waals surface area contributed by atoms with Crippen LogP contribution in [0.2, 0.25) is 5.02 Å². The molecule has 1 atom stereocenters. The van der Waals surface area contributed by atoms with Crippen molar-refractivity contribution in [1.29, 1.82) is 0 Å². The van der Waals surface area contributed by atoms with Gasteiger partial charge in [0.15, 0.2) is 0 Å². The highest BCUT2D eigenvalue weighted by Crippen LogP contribution is 2.25. The van der Waals surface area contributed by atoms with Gasteiger partial charge >= 0.3 is 0 Å². The maximum Gasteiger partial charge on any atom is 0.255 e. The monoisotopic (exact) mass is 351 g/mol. The Bertz CT molecular complexity index is 619. The van der Waals surface area contributed by atoms with Crippen LogP contribution < -0.4 is 10.6 Å². The third-order valence-electron chi connectivity index (χ3n) is 4.07. The summed E-state index contributed by atoms with van der Waals surface area (Å²) in [6, 6.07) is 5.20. The zero-order chi connectivity index (χ0) is 17.9. The third kappa shape index (κ3) is 4.95. The average Bonchev–Trinajstić information content (AvgIpc) is 3.00. The van der Waals surface area contributed by atoms with Gasteiger partial charge in [-0.2, -0.15) is 0 Å². The number of rotatable bonds is 4. The Morgan fingerprint density at radius 3 is 2.67 bits per heavy atom. The fourth-order valence-electron chi connectivity index (χ4n) is 2.78. The van der Waals surface area contributed by atoms with Crippen LogP contribution in [0.15, 0.2) is 18.2 Å². The summed E-state index contributed by atoms with van der Waals surface area (Å²) in [6.45, 7) is 7.73. The topological polar surface area (TPSA) is 61.4 Å². The molecule has 2 amide bonds. The minimum atomic E-state index is -0.124. The minimum Gasteiger partial charge on any atom is -0.337 e. The van der Waals surface area contributed by atoms with Crippen molar-refractivity contribution in [3.05, 3.63) is 28.8 Å². The second kappa shape index (κ2) is 7.53. The number of benzene rings is 1. The molecular weight excluding hydrogens is 326 g/mol. The molecule has 1 aliphatic heterocycles. The first-order chi connectivity index (χ1) is 11.2. The first-order valence-corrected chi connectivity index (χ1v) is 8.62. The van der Waals surface area contributed by atoms with Crippen LogP contribution >= 0.6 is 11.6 Å². The van der Waals surface area contributed by atoms with E-state index in [1.54, 1.807) is 30.1 Å². The Labute approximate surface area is 148 Å². The molecule has 6 heteroatoms. The maximum absolute atomic E-state index is 12.7. The van der Waals surface area contributed by atoms with Gasteiger partial charge in [0.05, 0.1) is 10.6 Å². The van der Waals surface area contributed by atoms with Gasteiger partial charge < -0.3 is 15.5 Å². The SMILES string of the molecule is CN(C(=O)c1cc(NC(=O)CC(C)(C)C)ccc1Cl)C1CCNC1. The minimum absolute atomic E-state index is 0.0726. The van der Waals surface area contributed by atoms with Crippen LogP contribution in [0.5, 0.6) is 0 Å². The molecule has 24 heavy (non-hydrogen) atoms. The molecule has 2 rings (SSSR count). The highest BCUT2D eigenvalue weighted by molar-refractivity contribution is 6.34. The van der Waals surface area contributed by atoms with Crippen LogP contribution in [0.4, 0.5) is 5.69 Å². The summed E-state index contributed by atoms with van der Waals surface area (Å²) in [5.74, 6) is -0.197. The number of hydrogen-bond donors (Lipinski definition) is 2. The molecule has 5 nitrogen and oxygen atoms in total. The van der Waals surface area contributed by atoms with Crippen LogP contribution in [0, 0.1) is 5.41 Å². The normalized spacial score (nSPS) is 17.6. The standard InChI is InChI=1S/C18H26ClN3O2/c1-18(2,3)10-16(23)21-12-5-6-15(19)14(9-12)17(24)22(4)13-7-8-20-11-13/h5-6,9,13,20H,7-8,10-11H2,1-4H3,(H,21,23). The summed E-state index contributed by atoms with van der Waals surface area (Å²) < 4.78 is 0. The largest absolute Gasteiger partial charge is 0.337 e. The van der Waals surface area contributed by atoms with E-state index in [0.717, 1.165) is 19.5 Å². The van der Waals surface area contributed by atoms with Crippen LogP contribution in [-0.4, -0.2) is 42.9 Å². The summed E-state index contributed by atoms with van der Waals surface area (Å²) in [5.41, 5.74) is 0.916. The fraction of sp³-hybridized carbons (Fsp3) is 0.556. The molecular formula is C18H26ClN3O2. The van der Waals surface area contributed by atoms with Gasteiger partial charge in [0.2, 0.25) is 5.91 Å². The molecule has 0 saturated carbocycles. The van der Waals surface area contributed by atoms with Crippen LogP contribution in [-0.2, 0) is 4.79 Å². The molecule has 1 aliphatic rings. The molecule has 0 spiro atoms. The molecule has 0 aliphatic carbocycles. The Balaban J connectivity index is 2.13. The molecule has 1 heterocycles. The van der Waals surface area contributed by atoms with Crippen molar-refractivity contribution in [3.8, 4) is 0 Å². The number of carbonyl (C=O) groups is 2. The van der Waals surface area contributed by atoms with E-state index in [4.69, 9.17) is 11.6 Å². The lowest BCUT2D eigenvalue weighted by molar-refractivity contribution is -0.117. The summed E-state index contributed by atoms with van der Waals surface area (Å²) in [7, 11) is 1.79. The number of anilines is 1. The Kier molecular flexibility index (Phi) is 5.88. The average molecular weight is 352 g/mol. The third-order valence-corrected chi connectivity index (χ3v) is 4.40. The maximum atomic E-state index is 12.7. The molecule has 0 aromatic heterocycles. The van der Waals surface area contributed by atoms with Crippen molar-refractivity contribution < 1.29 is 9.59 Å². The molecule has 1 aromatic rings. The van der Waals surface area contributed by atoms with E-state index in [1.807, 2.05) is 20.8 Å². The highest BCUT2D eigenvalue weighted by atomic mass is 35.5. The Morgan fingerprint density at radius 2 is 2.08 bits per heavy atom. The molecule has 0 bridgehead atoms. The van der Waals surface area contributed by atoms with E-state index in [0.29, 0.717) is 22.7 Å². The molecule has 132 valence electrons. The van der Waals surface area contributed by atoms with Crippen LogP contribution in [0.1, 0.15) is 44.0 Å². The number of nitrogens with one attached hydrogen (secondary N) is 2. The Hall–Kier alpha value is -1.59. The molecule has 0 radical (unpaired) electrons. The zero-order valence-corrected chi connectivity index (χ0v) is 15.5. The van der Waals surface area contributed by atoms with Crippen molar-refractivity contribution in [3.63, 3.8) is 0 Å². The lowest BCUT2D eigenvalue weighted by Crippen LogP contribution is -2.38. The fourth-order valence-corrected chi connectivity index (χ4v) is 2.98. The van der Waals surface area contributed by atoms with E-state index in [-0.39, 0.29) is 23.3 Å². The van der Waals surface area contributed by atoms with Gasteiger partial charge in [-0.25, -0.2) is 0 Å². The summed E-state index contributed by atoms with van der Waals surface area (Å²) in [4.78, 5) is 26.5. The highest BCUT2D eigenvalue weighted by Gasteiger charge is 2.25. The van der Waals surface area contributed by atoms with Gasteiger partial charge in [-0.3, -0.25) is 9.59 Å². The van der Waals surface area contributed by atoms with Crippen LogP contribution in [0.3, 0.4) is 0 Å². The first kappa shape index (κ1) is 18.7. The molecule has 2 N–H and O–H groups in total. The number of nitrogens with zero attached hydrogens (tertiary/aromatic N) is 1. The lowest BCUT2D eigenvalue weighted by Gasteiger charge is -2.24. The molecule has 1 saturated heterocycles. The van der Waals surface area contributed by atoms with Crippen molar-refractivity contribution in [1.82, 2.24) is 10.2 Å². The van der Waals surface area contributed by atoms with Gasteiger partial charge in [-0.1, -0.05) is 32.4 Å². The van der Waals surface area contributed by atoms with E-state index in [2.05, 4.69) is 10.6 Å². The van der Waals surface area contributed by atoms with Crippen LogP contribution in [0.25, 0.3) is 0 Å². The van der Waals surface area contributed by atoms with Crippen molar-refractivity contribution in [2.45, 2.75) is 39.7 Å². The second-order valence-corrected chi connectivity index (χ2v) is 7.95. The number of hydrogen-bond acceptors (Lipinski definition) is 3. The van der Waals surface area contributed by atoms with E-state index in [9.17, 15) is 9.59 Å². The molecule has 1 unspecified atom stereocenters. The number of amides is 2. The van der Waals surface area contributed by atoms with E-state index >= 15 is 0 Å². The Morgan fingerprint density at radius 1 is 1.38 bits per heavy atom. The molecule has 1 aromatic carbocycles. The van der Waals surface area contributed by atoms with Gasteiger partial charge in [0, 0.05) is 31.7 Å². The predicted octanol–water partition coefficient (Wildman–Crippen LogP) is 3.15. The number of halogens is 1. The van der Waals surface area contributed by atoms with E-state index in [1.165, 1.54) is 0 Å². The molecule has 1 fully saturated rings. The summed E-state index contributed by atoms with van der Waals surface area (Å²) >= 11 is 6.21. The predicted molar refractivity (Wildman–Crippen MR) is 97.5 cm³/mol.